The molecule has 0 atom stereocenters. The first-order valence-corrected chi connectivity index (χ1v) is 4.79. The van der Waals surface area contributed by atoms with Gasteiger partial charge in [0.25, 0.3) is 0 Å². The Balaban J connectivity index is 4.09. The minimum Gasteiger partial charge on any atom is -0.339 e. The van der Waals surface area contributed by atoms with Crippen LogP contribution in [0.4, 0.5) is 0 Å². The van der Waals surface area contributed by atoms with Gasteiger partial charge in [0.05, 0.1) is 12.5 Å². The van der Waals surface area contributed by atoms with E-state index < -0.39 is 0 Å². The molecule has 0 heterocycles. The predicted molar refractivity (Wildman–Crippen MR) is 52.0 cm³/mol. The van der Waals surface area contributed by atoms with Crippen LogP contribution < -0.4 is 0 Å². The summed E-state index contributed by atoms with van der Waals surface area (Å²) < 4.78 is 0. The van der Waals surface area contributed by atoms with Crippen LogP contribution in [0.3, 0.4) is 0 Å². The number of rotatable bonds is 5. The molecule has 0 aliphatic heterocycles. The quantitative estimate of drug-likeness (QED) is 0.652. The number of hydrogen-bond acceptors (Lipinski definition) is 2. The molecule has 0 aromatic rings. The van der Waals surface area contributed by atoms with Crippen LogP contribution in [0.15, 0.2) is 0 Å². The fraction of sp³-hybridized carbons (Fsp3) is 0.800. The van der Waals surface area contributed by atoms with E-state index in [9.17, 15) is 4.79 Å². The Bertz CT molecular complexity index is 194. The van der Waals surface area contributed by atoms with Crippen LogP contribution in [0.2, 0.25) is 0 Å². The van der Waals surface area contributed by atoms with Crippen molar-refractivity contribution in [2.24, 2.45) is 0 Å². The topological polar surface area (TPSA) is 44.1 Å². The zero-order chi connectivity index (χ0) is 10.3. The lowest BCUT2D eigenvalue weighted by Crippen LogP contribution is -2.37. The number of nitriles is 1. The van der Waals surface area contributed by atoms with Gasteiger partial charge in [-0.25, -0.2) is 0 Å². The second kappa shape index (κ2) is 6.47. The number of hydrogen-bond donors (Lipinski definition) is 0. The predicted octanol–water partition coefficient (Wildman–Crippen LogP) is 1.94. The molecule has 0 unspecified atom stereocenters. The third kappa shape index (κ3) is 4.51. The van der Waals surface area contributed by atoms with Crippen LogP contribution in [0.25, 0.3) is 0 Å². The van der Waals surface area contributed by atoms with Crippen molar-refractivity contribution < 1.29 is 4.79 Å². The van der Waals surface area contributed by atoms with Crippen molar-refractivity contribution in [2.75, 3.05) is 6.54 Å². The second-order valence-corrected chi connectivity index (χ2v) is 3.34. The molecule has 0 saturated carbocycles. The van der Waals surface area contributed by atoms with Gasteiger partial charge in [-0.3, -0.25) is 4.79 Å². The third-order valence-electron chi connectivity index (χ3n) is 1.87. The normalized spacial score (nSPS) is 9.77. The van der Waals surface area contributed by atoms with Crippen molar-refractivity contribution in [1.29, 1.82) is 5.26 Å². The van der Waals surface area contributed by atoms with Crippen LogP contribution in [0, 0.1) is 11.3 Å². The maximum absolute atomic E-state index is 11.5. The fourth-order valence-corrected chi connectivity index (χ4v) is 1.20. The van der Waals surface area contributed by atoms with Gasteiger partial charge >= 0.3 is 0 Å². The van der Waals surface area contributed by atoms with Gasteiger partial charge in [-0.05, 0) is 20.3 Å². The first-order chi connectivity index (χ1) is 6.13. The maximum atomic E-state index is 11.5. The van der Waals surface area contributed by atoms with Crippen molar-refractivity contribution in [2.45, 2.75) is 46.1 Å². The second-order valence-electron chi connectivity index (χ2n) is 3.34. The van der Waals surface area contributed by atoms with Crippen LogP contribution in [-0.4, -0.2) is 23.4 Å². The summed E-state index contributed by atoms with van der Waals surface area (Å²) in [7, 11) is 0. The molecule has 0 N–H and O–H groups in total. The van der Waals surface area contributed by atoms with Crippen molar-refractivity contribution >= 4 is 5.91 Å². The summed E-state index contributed by atoms with van der Waals surface area (Å²) in [6.07, 6.45) is 1.88. The highest BCUT2D eigenvalue weighted by Gasteiger charge is 2.14. The monoisotopic (exact) mass is 182 g/mol. The van der Waals surface area contributed by atoms with Gasteiger partial charge in [-0.2, -0.15) is 5.26 Å². The van der Waals surface area contributed by atoms with Crippen LogP contribution in [-0.2, 0) is 4.79 Å². The molecule has 0 radical (unpaired) electrons. The SMILES string of the molecule is CCCC(=O)N(CCC#N)C(C)C. The average Bonchev–Trinajstić information content (AvgIpc) is 2.05. The Kier molecular flexibility index (Phi) is 5.96. The van der Waals surface area contributed by atoms with Crippen LogP contribution in [0.5, 0.6) is 0 Å². The minimum absolute atomic E-state index is 0.160. The number of carbonyl (C=O) groups is 1. The Labute approximate surface area is 80.3 Å². The van der Waals surface area contributed by atoms with Gasteiger partial charge in [-0.1, -0.05) is 6.92 Å². The molecule has 3 heteroatoms. The highest BCUT2D eigenvalue weighted by atomic mass is 16.2. The summed E-state index contributed by atoms with van der Waals surface area (Å²) >= 11 is 0. The average molecular weight is 182 g/mol. The molecule has 0 aromatic carbocycles. The standard InChI is InChI=1S/C10H18N2O/c1-4-6-10(13)12(9(2)3)8-5-7-11/h9H,4-6,8H2,1-3H3. The molecule has 13 heavy (non-hydrogen) atoms. The summed E-state index contributed by atoms with van der Waals surface area (Å²) in [5, 5.41) is 8.42. The first-order valence-electron chi connectivity index (χ1n) is 4.79. The van der Waals surface area contributed by atoms with Crippen molar-refractivity contribution in [3.63, 3.8) is 0 Å². The van der Waals surface area contributed by atoms with Crippen molar-refractivity contribution in [3.8, 4) is 6.07 Å². The van der Waals surface area contributed by atoms with E-state index in [4.69, 9.17) is 5.26 Å². The van der Waals surface area contributed by atoms with Gasteiger partial charge in [0.2, 0.25) is 5.91 Å². The Hall–Kier alpha value is -1.04. The van der Waals surface area contributed by atoms with Crippen molar-refractivity contribution in [1.82, 2.24) is 4.90 Å². The minimum atomic E-state index is 0.160. The summed E-state index contributed by atoms with van der Waals surface area (Å²) in [4.78, 5) is 13.3. The Morgan fingerprint density at radius 2 is 2.15 bits per heavy atom. The zero-order valence-electron chi connectivity index (χ0n) is 8.71. The zero-order valence-corrected chi connectivity index (χ0v) is 8.71. The molecule has 1 amide bonds. The Morgan fingerprint density at radius 3 is 2.54 bits per heavy atom. The summed E-state index contributed by atoms with van der Waals surface area (Å²) in [5.41, 5.74) is 0. The molecule has 3 nitrogen and oxygen atoms in total. The van der Waals surface area contributed by atoms with Gasteiger partial charge in [0.15, 0.2) is 0 Å². The van der Waals surface area contributed by atoms with Gasteiger partial charge in [-0.15, -0.1) is 0 Å². The highest BCUT2D eigenvalue weighted by Crippen LogP contribution is 2.04. The summed E-state index contributed by atoms with van der Waals surface area (Å²) in [5.74, 6) is 0.160. The molecule has 0 aliphatic rings. The van der Waals surface area contributed by atoms with Gasteiger partial charge in [0, 0.05) is 19.0 Å². The molecular formula is C10H18N2O. The van der Waals surface area contributed by atoms with Crippen molar-refractivity contribution in [3.05, 3.63) is 0 Å². The number of amides is 1. The molecule has 0 bridgehead atoms. The first kappa shape index (κ1) is 12.0. The van der Waals surface area contributed by atoms with E-state index in [0.717, 1.165) is 6.42 Å². The number of carbonyl (C=O) groups excluding carboxylic acids is 1. The Morgan fingerprint density at radius 1 is 1.54 bits per heavy atom. The van der Waals surface area contributed by atoms with E-state index in [1.165, 1.54) is 0 Å². The maximum Gasteiger partial charge on any atom is 0.222 e. The molecular weight excluding hydrogens is 164 g/mol. The van der Waals surface area contributed by atoms with Gasteiger partial charge < -0.3 is 4.90 Å². The molecule has 0 fully saturated rings. The summed E-state index contributed by atoms with van der Waals surface area (Å²) in [6, 6.07) is 2.26. The lowest BCUT2D eigenvalue weighted by Gasteiger charge is -2.25. The third-order valence-corrected chi connectivity index (χ3v) is 1.87. The van der Waals surface area contributed by atoms with E-state index in [2.05, 4.69) is 6.07 Å². The van der Waals surface area contributed by atoms with Gasteiger partial charge in [0.1, 0.15) is 0 Å². The lowest BCUT2D eigenvalue weighted by molar-refractivity contribution is -0.132. The van der Waals surface area contributed by atoms with E-state index in [0.29, 0.717) is 19.4 Å². The summed E-state index contributed by atoms with van der Waals surface area (Å²) in [6.45, 7) is 6.50. The van der Waals surface area contributed by atoms with Crippen LogP contribution in [0.1, 0.15) is 40.0 Å². The molecule has 74 valence electrons. The molecule has 0 spiro atoms. The smallest absolute Gasteiger partial charge is 0.222 e. The lowest BCUT2D eigenvalue weighted by atomic mass is 10.2. The fourth-order valence-electron chi connectivity index (χ4n) is 1.20. The van der Waals surface area contributed by atoms with E-state index >= 15 is 0 Å². The largest absolute Gasteiger partial charge is 0.339 e. The molecule has 0 aliphatic carbocycles. The van der Waals surface area contributed by atoms with E-state index in [1.807, 2.05) is 20.8 Å². The number of nitrogens with zero attached hydrogens (tertiary/aromatic N) is 2. The van der Waals surface area contributed by atoms with Crippen LogP contribution >= 0.6 is 0 Å². The molecule has 0 aromatic heterocycles. The molecule has 0 saturated heterocycles. The highest BCUT2D eigenvalue weighted by molar-refractivity contribution is 5.76. The molecule has 0 rings (SSSR count). The van der Waals surface area contributed by atoms with E-state index in [1.54, 1.807) is 4.90 Å². The van der Waals surface area contributed by atoms with E-state index in [-0.39, 0.29) is 11.9 Å².